The lowest BCUT2D eigenvalue weighted by Gasteiger charge is -2.18. The highest BCUT2D eigenvalue weighted by molar-refractivity contribution is 7.12. The third-order valence-corrected chi connectivity index (χ3v) is 5.59. The average Bonchev–Trinajstić information content (AvgIpc) is 3.49. The fourth-order valence-electron chi connectivity index (χ4n) is 3.25. The number of carbonyl (C=O) groups excluding carboxylic acids is 2. The summed E-state index contributed by atoms with van der Waals surface area (Å²) in [4.78, 5) is 29.2. The maximum Gasteiger partial charge on any atom is 0.262 e. The normalized spacial score (nSPS) is 12.0. The zero-order valence-corrected chi connectivity index (χ0v) is 16.5. The molecule has 4 rings (SSSR count). The second-order valence-corrected chi connectivity index (χ2v) is 7.64. The Morgan fingerprint density at radius 1 is 1.10 bits per heavy atom. The Labute approximate surface area is 171 Å². The van der Waals surface area contributed by atoms with Crippen LogP contribution in [0.2, 0.25) is 0 Å². The Morgan fingerprint density at radius 3 is 2.79 bits per heavy atom. The summed E-state index contributed by atoms with van der Waals surface area (Å²) in [6.45, 7) is 0.436. The van der Waals surface area contributed by atoms with Crippen LogP contribution < -0.4 is 10.6 Å². The molecule has 0 fully saturated rings. The third-order valence-electron chi connectivity index (χ3n) is 4.72. The second kappa shape index (κ2) is 8.79. The fourth-order valence-corrected chi connectivity index (χ4v) is 3.88. The fraction of sp³-hybridized carbons (Fsp3) is 0.182. The van der Waals surface area contributed by atoms with Crippen LogP contribution in [0, 0.1) is 0 Å². The highest BCUT2D eigenvalue weighted by Crippen LogP contribution is 2.19. The van der Waals surface area contributed by atoms with Crippen molar-refractivity contribution in [2.45, 2.75) is 18.9 Å². The number of aromatic amines is 1. The minimum absolute atomic E-state index is 0.216. The van der Waals surface area contributed by atoms with Crippen molar-refractivity contribution >= 4 is 34.1 Å². The SMILES string of the molecule is O=C(N[C@@H](Cc1c[nH]c2ccccc12)C(=O)NCCc1ccco1)c1cccs1. The summed E-state index contributed by atoms with van der Waals surface area (Å²) in [6, 6.07) is 14.5. The molecule has 3 aromatic heterocycles. The summed E-state index contributed by atoms with van der Waals surface area (Å²) in [5.74, 6) is 0.346. The van der Waals surface area contributed by atoms with Crippen LogP contribution in [0.15, 0.2) is 70.8 Å². The number of nitrogens with one attached hydrogen (secondary N) is 3. The standard InChI is InChI=1S/C22H21N3O3S/c26-21(23-10-9-16-5-3-11-28-16)19(25-22(27)20-8-4-12-29-20)13-15-14-24-18-7-2-1-6-17(15)18/h1-8,11-12,14,19,24H,9-10,13H2,(H,23,26)(H,25,27)/t19-/m0/s1. The van der Waals surface area contributed by atoms with Gasteiger partial charge in [0, 0.05) is 36.5 Å². The number of benzene rings is 1. The van der Waals surface area contributed by atoms with E-state index in [-0.39, 0.29) is 11.8 Å². The van der Waals surface area contributed by atoms with E-state index in [2.05, 4.69) is 15.6 Å². The number of carbonyl (C=O) groups is 2. The Hall–Kier alpha value is -3.32. The summed E-state index contributed by atoms with van der Waals surface area (Å²) >= 11 is 1.35. The van der Waals surface area contributed by atoms with Crippen LogP contribution in [0.3, 0.4) is 0 Å². The van der Waals surface area contributed by atoms with Gasteiger partial charge in [-0.05, 0) is 35.2 Å². The molecule has 0 saturated heterocycles. The van der Waals surface area contributed by atoms with Crippen molar-refractivity contribution in [2.75, 3.05) is 6.54 Å². The monoisotopic (exact) mass is 407 g/mol. The largest absolute Gasteiger partial charge is 0.469 e. The molecule has 0 aliphatic rings. The maximum absolute atomic E-state index is 12.9. The number of rotatable bonds is 8. The minimum Gasteiger partial charge on any atom is -0.469 e. The van der Waals surface area contributed by atoms with E-state index in [1.807, 2.05) is 54.0 Å². The van der Waals surface area contributed by atoms with Gasteiger partial charge in [0.05, 0.1) is 11.1 Å². The quantitative estimate of drug-likeness (QED) is 0.418. The predicted octanol–water partition coefficient (Wildman–Crippen LogP) is 3.52. The first-order valence-corrected chi connectivity index (χ1v) is 10.3. The molecule has 3 N–H and O–H groups in total. The van der Waals surface area contributed by atoms with Crippen molar-refractivity contribution in [3.05, 3.63) is 82.6 Å². The van der Waals surface area contributed by atoms with Crippen LogP contribution in [0.4, 0.5) is 0 Å². The lowest BCUT2D eigenvalue weighted by Crippen LogP contribution is -2.48. The Kier molecular flexibility index (Phi) is 5.76. The molecule has 0 bridgehead atoms. The first kappa shape index (κ1) is 19.0. The minimum atomic E-state index is -0.680. The van der Waals surface area contributed by atoms with E-state index >= 15 is 0 Å². The predicted molar refractivity (Wildman–Crippen MR) is 113 cm³/mol. The van der Waals surface area contributed by atoms with Gasteiger partial charge in [-0.3, -0.25) is 9.59 Å². The molecule has 7 heteroatoms. The number of para-hydroxylation sites is 1. The molecule has 0 aliphatic heterocycles. The first-order chi connectivity index (χ1) is 14.2. The highest BCUT2D eigenvalue weighted by atomic mass is 32.1. The molecule has 29 heavy (non-hydrogen) atoms. The highest BCUT2D eigenvalue weighted by Gasteiger charge is 2.23. The smallest absolute Gasteiger partial charge is 0.262 e. The Balaban J connectivity index is 1.48. The Morgan fingerprint density at radius 2 is 2.00 bits per heavy atom. The van der Waals surface area contributed by atoms with Gasteiger partial charge in [0.2, 0.25) is 5.91 Å². The molecular weight excluding hydrogens is 386 g/mol. The van der Waals surface area contributed by atoms with E-state index in [9.17, 15) is 9.59 Å². The molecule has 1 atom stereocenters. The van der Waals surface area contributed by atoms with Gasteiger partial charge in [0.1, 0.15) is 11.8 Å². The van der Waals surface area contributed by atoms with Gasteiger partial charge < -0.3 is 20.0 Å². The maximum atomic E-state index is 12.9. The molecule has 2 amide bonds. The van der Waals surface area contributed by atoms with Crippen LogP contribution in [0.25, 0.3) is 10.9 Å². The molecule has 148 valence electrons. The number of thiophene rings is 1. The van der Waals surface area contributed by atoms with E-state index in [1.165, 1.54) is 11.3 Å². The molecule has 3 heterocycles. The number of aromatic nitrogens is 1. The molecule has 0 radical (unpaired) electrons. The number of furan rings is 1. The van der Waals surface area contributed by atoms with Gasteiger partial charge in [-0.15, -0.1) is 11.3 Å². The van der Waals surface area contributed by atoms with Crippen molar-refractivity contribution in [1.82, 2.24) is 15.6 Å². The summed E-state index contributed by atoms with van der Waals surface area (Å²) in [6.07, 6.45) is 4.49. The zero-order chi connectivity index (χ0) is 20.1. The van der Waals surface area contributed by atoms with Gasteiger partial charge in [-0.1, -0.05) is 24.3 Å². The van der Waals surface area contributed by atoms with Crippen molar-refractivity contribution in [2.24, 2.45) is 0 Å². The van der Waals surface area contributed by atoms with Crippen molar-refractivity contribution in [3.8, 4) is 0 Å². The van der Waals surface area contributed by atoms with Gasteiger partial charge in [-0.2, -0.15) is 0 Å². The lowest BCUT2D eigenvalue weighted by molar-refractivity contribution is -0.122. The number of H-pyrrole nitrogens is 1. The van der Waals surface area contributed by atoms with Crippen LogP contribution in [0.1, 0.15) is 21.0 Å². The third kappa shape index (κ3) is 4.57. The van der Waals surface area contributed by atoms with Gasteiger partial charge >= 0.3 is 0 Å². The molecule has 0 unspecified atom stereocenters. The molecule has 4 aromatic rings. The molecular formula is C22H21N3O3S. The topological polar surface area (TPSA) is 87.1 Å². The van der Waals surface area contributed by atoms with E-state index in [0.717, 1.165) is 22.2 Å². The number of hydrogen-bond acceptors (Lipinski definition) is 4. The van der Waals surface area contributed by atoms with Gasteiger partial charge in [-0.25, -0.2) is 0 Å². The van der Waals surface area contributed by atoms with Crippen LogP contribution >= 0.6 is 11.3 Å². The molecule has 1 aromatic carbocycles. The average molecular weight is 407 g/mol. The van der Waals surface area contributed by atoms with E-state index in [4.69, 9.17) is 4.42 Å². The van der Waals surface area contributed by atoms with E-state index in [0.29, 0.717) is 24.3 Å². The summed E-state index contributed by atoms with van der Waals surface area (Å²) in [5, 5.41) is 8.69. The second-order valence-electron chi connectivity index (χ2n) is 6.69. The van der Waals surface area contributed by atoms with Crippen molar-refractivity contribution in [3.63, 3.8) is 0 Å². The molecule has 6 nitrogen and oxygen atoms in total. The van der Waals surface area contributed by atoms with Gasteiger partial charge in [0.25, 0.3) is 5.91 Å². The van der Waals surface area contributed by atoms with Crippen molar-refractivity contribution in [1.29, 1.82) is 0 Å². The Bertz CT molecular complexity index is 1080. The van der Waals surface area contributed by atoms with Gasteiger partial charge in [0.15, 0.2) is 0 Å². The molecule has 0 spiro atoms. The molecule has 0 aliphatic carbocycles. The number of fused-ring (bicyclic) bond motifs is 1. The summed E-state index contributed by atoms with van der Waals surface area (Å²) in [5.41, 5.74) is 1.99. The summed E-state index contributed by atoms with van der Waals surface area (Å²) in [7, 11) is 0. The lowest BCUT2D eigenvalue weighted by atomic mass is 10.0. The number of hydrogen-bond donors (Lipinski definition) is 3. The summed E-state index contributed by atoms with van der Waals surface area (Å²) < 4.78 is 5.30. The van der Waals surface area contributed by atoms with Crippen molar-refractivity contribution < 1.29 is 14.0 Å². The van der Waals surface area contributed by atoms with E-state index in [1.54, 1.807) is 12.3 Å². The van der Waals surface area contributed by atoms with Crippen LogP contribution in [-0.4, -0.2) is 29.4 Å². The van der Waals surface area contributed by atoms with E-state index < -0.39 is 6.04 Å². The van der Waals surface area contributed by atoms with Crippen LogP contribution in [-0.2, 0) is 17.6 Å². The zero-order valence-electron chi connectivity index (χ0n) is 15.7. The number of amides is 2. The molecule has 0 saturated carbocycles. The van der Waals surface area contributed by atoms with Crippen LogP contribution in [0.5, 0.6) is 0 Å². The first-order valence-electron chi connectivity index (χ1n) is 9.40.